The number of nitrogens with zero attached hydrogens (tertiary/aromatic N) is 2. The summed E-state index contributed by atoms with van der Waals surface area (Å²) in [7, 11) is -3.42. The molecular weight excluding hydrogens is 552 g/mol. The Balaban J connectivity index is 1.62. The van der Waals surface area contributed by atoms with E-state index >= 15 is 0 Å². The highest BCUT2D eigenvalue weighted by Crippen LogP contribution is 2.51. The van der Waals surface area contributed by atoms with Gasteiger partial charge in [0.25, 0.3) is 0 Å². The molecule has 0 radical (unpaired) electrons. The molecule has 4 rings (SSSR count). The average molecular weight is 580 g/mol. The van der Waals surface area contributed by atoms with Gasteiger partial charge in [0, 0.05) is 38.5 Å². The Morgan fingerprint density at radius 2 is 1.70 bits per heavy atom. The van der Waals surface area contributed by atoms with Crippen LogP contribution in [0.2, 0.25) is 10.0 Å². The van der Waals surface area contributed by atoms with E-state index in [1.165, 1.54) is 11.9 Å². The summed E-state index contributed by atoms with van der Waals surface area (Å²) in [5.41, 5.74) is 3.39. The molecule has 11 heteroatoms. The van der Waals surface area contributed by atoms with Gasteiger partial charge in [0.2, 0.25) is 0 Å². The van der Waals surface area contributed by atoms with Crippen LogP contribution in [0.15, 0.2) is 71.6 Å². The van der Waals surface area contributed by atoms with Gasteiger partial charge in [0.05, 0.1) is 13.2 Å². The first-order chi connectivity index (χ1) is 17.8. The van der Waals surface area contributed by atoms with Gasteiger partial charge in [0.15, 0.2) is 0 Å². The molecule has 37 heavy (non-hydrogen) atoms. The number of carbonyl (C=O) groups is 1. The molecule has 1 N–H and O–H groups in total. The van der Waals surface area contributed by atoms with E-state index in [1.807, 2.05) is 52.8 Å². The normalized spacial score (nSPS) is 12.9. The van der Waals surface area contributed by atoms with E-state index < -0.39 is 7.60 Å². The van der Waals surface area contributed by atoms with Crippen molar-refractivity contribution in [2.45, 2.75) is 25.2 Å². The van der Waals surface area contributed by atoms with Crippen LogP contribution in [0.5, 0.6) is 0 Å². The fraction of sp³-hybridized carbons (Fsp3) is 0.269. The zero-order chi connectivity index (χ0) is 26.4. The number of halogens is 2. The molecule has 0 atom stereocenters. The van der Waals surface area contributed by atoms with Crippen LogP contribution in [0.4, 0.5) is 21.9 Å². The Bertz CT molecular complexity index is 1270. The number of nitrogens with one attached hydrogen (secondary N) is 1. The maximum absolute atomic E-state index is 13.5. The maximum atomic E-state index is 13.5. The third-order valence-electron chi connectivity index (χ3n) is 5.52. The second-order valence-electron chi connectivity index (χ2n) is 8.17. The van der Waals surface area contributed by atoms with Crippen molar-refractivity contribution < 1.29 is 18.4 Å². The molecule has 1 heterocycles. The number of carbonyl (C=O) groups excluding carboxylic acids is 1. The van der Waals surface area contributed by atoms with Crippen LogP contribution in [0.25, 0.3) is 0 Å². The zero-order valence-corrected chi connectivity index (χ0v) is 23.7. The van der Waals surface area contributed by atoms with Crippen LogP contribution in [0.3, 0.4) is 0 Å². The molecule has 2 amide bonds. The van der Waals surface area contributed by atoms with Gasteiger partial charge in [-0.2, -0.15) is 0 Å². The van der Waals surface area contributed by atoms with Crippen molar-refractivity contribution in [3.63, 3.8) is 0 Å². The van der Waals surface area contributed by atoms with Crippen molar-refractivity contribution in [1.82, 2.24) is 0 Å². The number of benzene rings is 3. The number of urea groups is 1. The molecule has 1 aliphatic rings. The van der Waals surface area contributed by atoms with Crippen molar-refractivity contribution in [3.8, 4) is 0 Å². The first kappa shape index (κ1) is 27.8. The number of hydrogen-bond donors (Lipinski definition) is 1. The van der Waals surface area contributed by atoms with Gasteiger partial charge in [-0.1, -0.05) is 41.4 Å². The Labute approximate surface area is 231 Å². The van der Waals surface area contributed by atoms with Crippen molar-refractivity contribution in [1.29, 1.82) is 0 Å². The van der Waals surface area contributed by atoms with E-state index in [0.717, 1.165) is 27.5 Å². The fourth-order valence-electron chi connectivity index (χ4n) is 4.01. The molecule has 0 unspecified atom stereocenters. The smallest absolute Gasteiger partial charge is 0.308 e. The number of rotatable bonds is 10. The predicted molar refractivity (Wildman–Crippen MR) is 153 cm³/mol. The monoisotopic (exact) mass is 579 g/mol. The Hall–Kier alpha value is -2.19. The van der Waals surface area contributed by atoms with Crippen molar-refractivity contribution in [3.05, 3.63) is 82.3 Å². The lowest BCUT2D eigenvalue weighted by atomic mass is 10.1. The highest BCUT2D eigenvalue weighted by atomic mass is 35.5. The number of para-hydroxylation sites is 1. The summed E-state index contributed by atoms with van der Waals surface area (Å²) < 4.78 is 26.5. The molecule has 3 aromatic rings. The van der Waals surface area contributed by atoms with Gasteiger partial charge < -0.3 is 14.4 Å². The molecule has 0 aromatic heterocycles. The minimum absolute atomic E-state index is 0.0144. The van der Waals surface area contributed by atoms with Gasteiger partial charge in [-0.25, -0.2) is 4.79 Å². The average Bonchev–Trinajstić information content (AvgIpc) is 3.27. The second kappa shape index (κ2) is 12.6. The van der Waals surface area contributed by atoms with E-state index in [0.29, 0.717) is 23.0 Å². The Kier molecular flexibility index (Phi) is 9.46. The van der Waals surface area contributed by atoms with Gasteiger partial charge >= 0.3 is 13.6 Å². The summed E-state index contributed by atoms with van der Waals surface area (Å²) in [6.45, 7) is 4.64. The number of amides is 2. The minimum atomic E-state index is -3.42. The highest BCUT2D eigenvalue weighted by molar-refractivity contribution is 8.01. The largest absolute Gasteiger partial charge is 0.350 e. The zero-order valence-electron chi connectivity index (χ0n) is 20.5. The van der Waals surface area contributed by atoms with E-state index in [2.05, 4.69) is 5.32 Å². The molecule has 7 nitrogen and oxygen atoms in total. The molecule has 0 aliphatic carbocycles. The molecule has 0 saturated carbocycles. The molecule has 0 fully saturated rings. The minimum Gasteiger partial charge on any atom is -0.308 e. The molecule has 0 saturated heterocycles. The molecule has 1 aliphatic heterocycles. The Morgan fingerprint density at radius 3 is 2.35 bits per heavy atom. The summed E-state index contributed by atoms with van der Waals surface area (Å²) in [6.07, 6.45) is 0.710. The molecular formula is C26H28Cl2N3O4PS. The standard InChI is InChI=1S/C26H28Cl2N3O4PS/c1-3-34-36(33,35-4-2)18-31(37-24-16-20(27)15-21(28)17-24)23-10-11-25-19(14-23)12-13-30(25)26(32)29-22-8-6-5-7-9-22/h5-11,14-17H,3-4,12-13,18H2,1-2H3,(H,29,32). The van der Waals surface area contributed by atoms with Gasteiger partial charge in [0.1, 0.15) is 6.29 Å². The van der Waals surface area contributed by atoms with Crippen LogP contribution in [-0.2, 0) is 20.0 Å². The quantitative estimate of drug-likeness (QED) is 0.192. The molecule has 3 aromatic carbocycles. The van der Waals surface area contributed by atoms with Crippen molar-refractivity contribution in [2.24, 2.45) is 0 Å². The fourth-order valence-corrected chi connectivity index (χ4v) is 7.65. The van der Waals surface area contributed by atoms with Crippen LogP contribution >= 0.6 is 42.7 Å². The second-order valence-corrected chi connectivity index (χ2v) is 12.2. The summed E-state index contributed by atoms with van der Waals surface area (Å²) >= 11 is 13.8. The number of fused-ring (bicyclic) bond motifs is 1. The lowest BCUT2D eigenvalue weighted by Crippen LogP contribution is -2.33. The first-order valence-electron chi connectivity index (χ1n) is 11.9. The third kappa shape index (κ3) is 7.23. The number of hydrogen-bond acceptors (Lipinski definition) is 6. The lowest BCUT2D eigenvalue weighted by Gasteiger charge is -2.28. The molecule has 0 spiro atoms. The Morgan fingerprint density at radius 1 is 1.03 bits per heavy atom. The van der Waals surface area contributed by atoms with Crippen LogP contribution in [0.1, 0.15) is 19.4 Å². The topological polar surface area (TPSA) is 71.1 Å². The van der Waals surface area contributed by atoms with Crippen LogP contribution in [-0.4, -0.2) is 32.1 Å². The van der Waals surface area contributed by atoms with Gasteiger partial charge in [-0.05, 0) is 86.3 Å². The predicted octanol–water partition coefficient (Wildman–Crippen LogP) is 8.33. The summed E-state index contributed by atoms with van der Waals surface area (Å²) in [5.74, 6) is 0. The van der Waals surface area contributed by atoms with E-state index in [1.54, 1.807) is 36.9 Å². The molecule has 0 bridgehead atoms. The SMILES string of the molecule is CCOP(=O)(CN(Sc1cc(Cl)cc(Cl)c1)c1ccc2c(c1)CCN2C(=O)Nc1ccccc1)OCC. The van der Waals surface area contributed by atoms with E-state index in [9.17, 15) is 9.36 Å². The van der Waals surface area contributed by atoms with Gasteiger partial charge in [-0.3, -0.25) is 13.8 Å². The highest BCUT2D eigenvalue weighted by Gasteiger charge is 2.30. The lowest BCUT2D eigenvalue weighted by molar-refractivity contribution is 0.221. The van der Waals surface area contributed by atoms with E-state index in [4.69, 9.17) is 32.2 Å². The van der Waals surface area contributed by atoms with Gasteiger partial charge in [-0.15, -0.1) is 0 Å². The molecule has 196 valence electrons. The van der Waals surface area contributed by atoms with Crippen molar-refractivity contribution in [2.75, 3.05) is 40.6 Å². The third-order valence-corrected chi connectivity index (χ3v) is 9.09. The number of anilines is 3. The summed E-state index contributed by atoms with van der Waals surface area (Å²) in [6, 6.07) is 20.2. The summed E-state index contributed by atoms with van der Waals surface area (Å²) in [5, 5.41) is 3.95. The maximum Gasteiger partial charge on any atom is 0.350 e. The van der Waals surface area contributed by atoms with E-state index in [-0.39, 0.29) is 25.5 Å². The first-order valence-corrected chi connectivity index (χ1v) is 15.1. The summed E-state index contributed by atoms with van der Waals surface area (Å²) in [4.78, 5) is 15.4. The van der Waals surface area contributed by atoms with Crippen LogP contribution in [0, 0.1) is 0 Å². The van der Waals surface area contributed by atoms with Crippen LogP contribution < -0.4 is 14.5 Å². The van der Waals surface area contributed by atoms with Crippen molar-refractivity contribution >= 4 is 65.8 Å².